The van der Waals surface area contributed by atoms with Crippen molar-refractivity contribution in [3.05, 3.63) is 0 Å². The quantitative estimate of drug-likeness (QED) is 0.648. The lowest BCUT2D eigenvalue weighted by molar-refractivity contribution is -0.123. The fourth-order valence-electron chi connectivity index (χ4n) is 1.57. The number of carbonyl (C=O) groups is 2. The molecule has 1 amide bonds. The first kappa shape index (κ1) is 11.2. The molecule has 0 saturated carbocycles. The topological polar surface area (TPSA) is 46.2 Å². The van der Waals surface area contributed by atoms with E-state index in [-0.39, 0.29) is 35.0 Å². The number of rotatable bonds is 1. The molecular weight excluding hydrogens is 178 g/mol. The molecule has 1 unspecified atom stereocenters. The van der Waals surface area contributed by atoms with E-state index in [2.05, 4.69) is 26.1 Å². The third kappa shape index (κ3) is 1.68. The summed E-state index contributed by atoms with van der Waals surface area (Å²) in [5.74, 6) is -0.118. The van der Waals surface area contributed by atoms with Crippen LogP contribution in [0.25, 0.3) is 0 Å². The van der Waals surface area contributed by atoms with Crippen LogP contribution in [-0.2, 0) is 9.59 Å². The van der Waals surface area contributed by atoms with Crippen LogP contribution in [0.3, 0.4) is 0 Å². The van der Waals surface area contributed by atoms with Gasteiger partial charge in [-0.2, -0.15) is 0 Å². The molecule has 1 fully saturated rings. The lowest BCUT2D eigenvalue weighted by Gasteiger charge is -2.42. The van der Waals surface area contributed by atoms with E-state index in [1.165, 1.54) is 0 Å². The summed E-state index contributed by atoms with van der Waals surface area (Å²) in [6.07, 6.45) is 0.0458. The molecule has 1 aliphatic rings. The molecule has 0 bridgehead atoms. The van der Waals surface area contributed by atoms with E-state index >= 15 is 0 Å². The largest absolute Gasteiger partial charge is 0.345 e. The van der Waals surface area contributed by atoms with Gasteiger partial charge in [0.25, 0.3) is 0 Å². The van der Waals surface area contributed by atoms with Gasteiger partial charge in [-0.25, -0.2) is 0 Å². The van der Waals surface area contributed by atoms with Gasteiger partial charge in [-0.1, -0.05) is 34.6 Å². The van der Waals surface area contributed by atoms with Gasteiger partial charge in [0, 0.05) is 0 Å². The Balaban J connectivity index is 2.94. The van der Waals surface area contributed by atoms with Gasteiger partial charge in [0.05, 0.1) is 12.5 Å². The molecule has 0 aliphatic carbocycles. The summed E-state index contributed by atoms with van der Waals surface area (Å²) < 4.78 is 0. The standard InChI is InChI=1S/C11H19NO2/c1-10(2,3)11(4,5)9-7(13)6-8(14)12-9/h9H,6H2,1-5H3,(H,12,14). The van der Waals surface area contributed by atoms with E-state index in [9.17, 15) is 9.59 Å². The monoisotopic (exact) mass is 197 g/mol. The zero-order valence-electron chi connectivity index (χ0n) is 9.60. The minimum atomic E-state index is -0.324. The van der Waals surface area contributed by atoms with Crippen LogP contribution in [0, 0.1) is 10.8 Å². The Labute approximate surface area is 85.3 Å². The third-order valence-corrected chi connectivity index (χ3v) is 3.62. The molecule has 0 aromatic carbocycles. The summed E-state index contributed by atoms with van der Waals surface area (Å²) in [6.45, 7) is 10.3. The number of ketones is 1. The van der Waals surface area contributed by atoms with Crippen molar-refractivity contribution in [1.29, 1.82) is 0 Å². The van der Waals surface area contributed by atoms with Crippen molar-refractivity contribution in [3.8, 4) is 0 Å². The summed E-state index contributed by atoms with van der Waals surface area (Å²) in [4.78, 5) is 22.7. The van der Waals surface area contributed by atoms with Crippen LogP contribution in [0.1, 0.15) is 41.0 Å². The molecule has 3 nitrogen and oxygen atoms in total. The second-order valence-corrected chi connectivity index (χ2v) is 5.62. The van der Waals surface area contributed by atoms with Crippen LogP contribution in [0.15, 0.2) is 0 Å². The molecule has 1 N–H and O–H groups in total. The van der Waals surface area contributed by atoms with Gasteiger partial charge >= 0.3 is 0 Å². The number of carbonyl (C=O) groups excluding carboxylic acids is 2. The number of amides is 1. The maximum Gasteiger partial charge on any atom is 0.228 e. The fourth-order valence-corrected chi connectivity index (χ4v) is 1.57. The summed E-state index contributed by atoms with van der Waals surface area (Å²) in [5, 5.41) is 2.76. The van der Waals surface area contributed by atoms with Crippen molar-refractivity contribution >= 4 is 11.7 Å². The SMILES string of the molecule is CC(C)(C)C(C)(C)C1NC(=O)CC1=O. The Hall–Kier alpha value is -0.860. The van der Waals surface area contributed by atoms with Gasteiger partial charge in [-0.3, -0.25) is 9.59 Å². The molecule has 3 heteroatoms. The Morgan fingerprint density at radius 3 is 1.93 bits per heavy atom. The normalized spacial score (nSPS) is 23.9. The lowest BCUT2D eigenvalue weighted by Crippen LogP contribution is -2.49. The molecule has 1 heterocycles. The van der Waals surface area contributed by atoms with E-state index in [0.29, 0.717) is 0 Å². The van der Waals surface area contributed by atoms with E-state index in [1.807, 2.05) is 13.8 Å². The number of nitrogens with one attached hydrogen (secondary N) is 1. The van der Waals surface area contributed by atoms with E-state index in [1.54, 1.807) is 0 Å². The third-order valence-electron chi connectivity index (χ3n) is 3.62. The highest BCUT2D eigenvalue weighted by Gasteiger charge is 2.47. The van der Waals surface area contributed by atoms with Crippen molar-refractivity contribution < 1.29 is 9.59 Å². The fraction of sp³-hybridized carbons (Fsp3) is 0.818. The molecule has 0 radical (unpaired) electrons. The van der Waals surface area contributed by atoms with Gasteiger partial charge in [0.2, 0.25) is 5.91 Å². The molecule has 1 saturated heterocycles. The van der Waals surface area contributed by atoms with Crippen LogP contribution in [0.4, 0.5) is 0 Å². The molecular formula is C11H19NO2. The highest BCUT2D eigenvalue weighted by Crippen LogP contribution is 2.42. The van der Waals surface area contributed by atoms with Crippen molar-refractivity contribution in [2.24, 2.45) is 10.8 Å². The smallest absolute Gasteiger partial charge is 0.228 e. The van der Waals surface area contributed by atoms with Gasteiger partial charge < -0.3 is 5.32 Å². The van der Waals surface area contributed by atoms with Gasteiger partial charge in [0.1, 0.15) is 0 Å². The summed E-state index contributed by atoms with van der Waals surface area (Å²) in [5.41, 5.74) is -0.221. The second-order valence-electron chi connectivity index (χ2n) is 5.62. The van der Waals surface area contributed by atoms with Crippen LogP contribution in [0.2, 0.25) is 0 Å². The number of hydrogen-bond acceptors (Lipinski definition) is 2. The molecule has 0 aromatic heterocycles. The molecule has 0 aromatic rings. The highest BCUT2D eigenvalue weighted by molar-refractivity contribution is 6.07. The molecule has 0 spiro atoms. The van der Waals surface area contributed by atoms with Crippen molar-refractivity contribution in [2.75, 3.05) is 0 Å². The Kier molecular flexibility index (Phi) is 2.46. The first-order valence-corrected chi connectivity index (χ1v) is 4.98. The Morgan fingerprint density at radius 2 is 1.64 bits per heavy atom. The van der Waals surface area contributed by atoms with Crippen molar-refractivity contribution in [3.63, 3.8) is 0 Å². The minimum absolute atomic E-state index is 0.00898. The van der Waals surface area contributed by atoms with Crippen molar-refractivity contribution in [1.82, 2.24) is 5.32 Å². The first-order valence-electron chi connectivity index (χ1n) is 4.98. The predicted molar refractivity (Wildman–Crippen MR) is 54.8 cm³/mol. The van der Waals surface area contributed by atoms with E-state index in [4.69, 9.17) is 0 Å². The molecule has 80 valence electrons. The van der Waals surface area contributed by atoms with Crippen LogP contribution >= 0.6 is 0 Å². The predicted octanol–water partition coefficient (Wildman–Crippen LogP) is 1.52. The second kappa shape index (κ2) is 3.07. The van der Waals surface area contributed by atoms with E-state index in [0.717, 1.165) is 0 Å². The van der Waals surface area contributed by atoms with Gasteiger partial charge in [0.15, 0.2) is 5.78 Å². The van der Waals surface area contributed by atoms with Crippen LogP contribution in [-0.4, -0.2) is 17.7 Å². The zero-order valence-corrected chi connectivity index (χ0v) is 9.60. The van der Waals surface area contributed by atoms with Gasteiger partial charge in [-0.05, 0) is 10.8 Å². The highest BCUT2D eigenvalue weighted by atomic mass is 16.2. The average Bonchev–Trinajstić information content (AvgIpc) is 2.27. The Morgan fingerprint density at radius 1 is 1.14 bits per heavy atom. The average molecular weight is 197 g/mol. The zero-order chi connectivity index (χ0) is 11.1. The Bertz CT molecular complexity index is 274. The van der Waals surface area contributed by atoms with Crippen molar-refractivity contribution in [2.45, 2.75) is 47.1 Å². The van der Waals surface area contributed by atoms with Crippen LogP contribution in [0.5, 0.6) is 0 Å². The van der Waals surface area contributed by atoms with Crippen LogP contribution < -0.4 is 5.32 Å². The summed E-state index contributed by atoms with van der Waals surface area (Å²) in [7, 11) is 0. The molecule has 14 heavy (non-hydrogen) atoms. The number of hydrogen-bond donors (Lipinski definition) is 1. The molecule has 1 atom stereocenters. The summed E-state index contributed by atoms with van der Waals surface area (Å²) in [6, 6.07) is -0.324. The minimum Gasteiger partial charge on any atom is -0.345 e. The molecule has 1 aliphatic heterocycles. The van der Waals surface area contributed by atoms with E-state index < -0.39 is 0 Å². The molecule has 1 rings (SSSR count). The number of Topliss-reactive ketones (excluding diaryl/α,β-unsaturated/α-hetero) is 1. The first-order chi connectivity index (χ1) is 6.16. The summed E-state index contributed by atoms with van der Waals surface area (Å²) >= 11 is 0. The maximum atomic E-state index is 11.6. The lowest BCUT2D eigenvalue weighted by atomic mass is 9.64. The van der Waals surface area contributed by atoms with Gasteiger partial charge in [-0.15, -0.1) is 0 Å². The maximum absolute atomic E-state index is 11.6.